The second-order valence-electron chi connectivity index (χ2n) is 11.6. The molecule has 73 heavy (non-hydrogen) atoms. The zero-order valence-electron chi connectivity index (χ0n) is 57.7. The van der Waals surface area contributed by atoms with Gasteiger partial charge in [0.1, 0.15) is 12.6 Å². The van der Waals surface area contributed by atoms with Crippen molar-refractivity contribution in [1.29, 1.82) is 0 Å². The summed E-state index contributed by atoms with van der Waals surface area (Å²) in [4.78, 5) is 36.2. The normalized spacial score (nSPS) is 6.48. The standard InChI is InChI=1S/C5H12.2C4H9O.C4H10.2C4H8.C3H6O2.C3H8.C2H4O2.2C2H4O.7C2H6.2CH5BO2.CH4O.CH3.2K.Pd/c1-3-5-4-2;2*1-4(2,3)5;3*1-3-4-2;1-3(4)5-2;1-3-2;1-2(3)4;2*1-2-3;7*1-2;2*1-2(3)4;1-2;;;;/h3-5H2,1-2H3;2*1-3H3;3-4H2,1-2H3;2*3-4H,1-2H3;1-2H3;3H2,1-2H3;1H3,(H,3,4);2*2H,1H3;7*1-2H3;2*3-4H,1H3;2H,1H3;1H3;;;/q;2*-1;;;;;;;;;;;;;;;;;;;-1;2*+1;. The van der Waals surface area contributed by atoms with E-state index in [1.54, 1.807) is 41.5 Å². The maximum atomic E-state index is 10.1. The van der Waals surface area contributed by atoms with Gasteiger partial charge in [-0.3, -0.25) is 9.59 Å². The summed E-state index contributed by atoms with van der Waals surface area (Å²) in [5, 5.41) is 65.1. The number of rotatable bonds is 3. The number of aliphatic carboxylic acids is 1. The van der Waals surface area contributed by atoms with E-state index in [9.17, 15) is 15.0 Å². The van der Waals surface area contributed by atoms with Gasteiger partial charge in [-0.05, 0) is 55.2 Å². The van der Waals surface area contributed by atoms with Crippen LogP contribution in [0.1, 0.15) is 274 Å². The molecule has 0 aliphatic heterocycles. The van der Waals surface area contributed by atoms with Crippen LogP contribution >= 0.6 is 0 Å². The molecule has 0 amide bonds. The minimum absolute atomic E-state index is 0. The van der Waals surface area contributed by atoms with Gasteiger partial charge in [0, 0.05) is 41.4 Å². The topological polar surface area (TPSA) is 245 Å². The second kappa shape index (κ2) is 261. The van der Waals surface area contributed by atoms with Crippen molar-refractivity contribution < 1.29 is 188 Å². The van der Waals surface area contributed by atoms with Crippen LogP contribution in [0.2, 0.25) is 13.6 Å². The molecule has 0 atom stereocenters. The molecule has 18 heteroatoms. The average Bonchev–Trinajstić information content (AvgIpc) is 3.29. The summed E-state index contributed by atoms with van der Waals surface area (Å²) >= 11 is 0. The number of carbonyl (C=O) groups excluding carboxylic acids is 3. The number of aldehydes is 2. The third kappa shape index (κ3) is 5160. The average molecular weight is 1220 g/mol. The zero-order valence-corrected chi connectivity index (χ0v) is 65.5. The number of aliphatic hydroxyl groups excluding tert-OH is 1. The van der Waals surface area contributed by atoms with Crippen LogP contribution in [-0.2, 0) is 44.3 Å². The van der Waals surface area contributed by atoms with E-state index in [0.717, 1.165) is 26.6 Å². The molecule has 0 saturated heterocycles. The van der Waals surface area contributed by atoms with E-state index in [2.05, 4.69) is 46.3 Å². The molecular formula is C55H141B2K2O13Pd-. The van der Waals surface area contributed by atoms with E-state index < -0.39 is 31.4 Å². The van der Waals surface area contributed by atoms with Crippen molar-refractivity contribution in [1.82, 2.24) is 0 Å². The van der Waals surface area contributed by atoms with Crippen LogP contribution in [0.4, 0.5) is 0 Å². The first-order valence-electron chi connectivity index (χ1n) is 25.6. The fraction of sp³-hybridized carbons (Fsp3) is 0.836. The van der Waals surface area contributed by atoms with E-state index in [4.69, 9.17) is 44.7 Å². The fourth-order valence-electron chi connectivity index (χ4n) is 0.354. The molecule has 0 radical (unpaired) electrons. The molecule has 0 saturated carbocycles. The van der Waals surface area contributed by atoms with Gasteiger partial charge >= 0.3 is 123 Å². The van der Waals surface area contributed by atoms with Gasteiger partial charge in [-0.2, -0.15) is 0 Å². The Hall–Kier alpha value is 1.54. The zero-order chi connectivity index (χ0) is 62.5. The van der Waals surface area contributed by atoms with Crippen LogP contribution in [0, 0.1) is 7.43 Å². The summed E-state index contributed by atoms with van der Waals surface area (Å²) in [5.74, 6) is -1.08. The van der Waals surface area contributed by atoms with Crippen molar-refractivity contribution >= 4 is 38.7 Å². The molecule has 0 unspecified atom stereocenters. The molecule has 0 aliphatic carbocycles. The molecule has 13 nitrogen and oxygen atoms in total. The van der Waals surface area contributed by atoms with Gasteiger partial charge in [0.05, 0.1) is 7.11 Å². The number of carboxylic acid groups (broad SMARTS) is 1. The number of aliphatic hydroxyl groups is 1. The SMILES string of the molecule is CB(O)O.CB(O)O.CC.CC.CC.CC.CC.CC.CC.CC(=O)O.CC(C)(C)[O-].CC(C)(C)[O-].CC=CC.CC=CC.CC=O.CC=O.CCC.CCCC.CCCCC.CO.COC(C)=O.[CH3-].[K+].[K+].[Pd]. The predicted molar refractivity (Wildman–Crippen MR) is 323 cm³/mol. The molecule has 0 aromatic rings. The maximum absolute atomic E-state index is 10.1. The molecule has 0 aromatic heterocycles. The second-order valence-corrected chi connectivity index (χ2v) is 11.6. The van der Waals surface area contributed by atoms with Gasteiger partial charge in [-0.15, -0.1) is 11.2 Å². The predicted octanol–water partition coefficient (Wildman–Crippen LogP) is 8.98. The first-order valence-corrected chi connectivity index (χ1v) is 25.6. The van der Waals surface area contributed by atoms with Gasteiger partial charge in [-0.25, -0.2) is 0 Å². The largest absolute Gasteiger partial charge is 1.00 e. The van der Waals surface area contributed by atoms with E-state index in [1.807, 2.05) is 149 Å². The van der Waals surface area contributed by atoms with Crippen LogP contribution in [0.5, 0.6) is 0 Å². The Morgan fingerprint density at radius 1 is 0.493 bits per heavy atom. The summed E-state index contributed by atoms with van der Waals surface area (Å²) in [7, 11) is 0.0162. The molecular weight excluding hydrogens is 1070 g/mol. The molecule has 0 heterocycles. The van der Waals surface area contributed by atoms with Crippen molar-refractivity contribution in [3.8, 4) is 0 Å². The Labute approximate surface area is 564 Å². The summed E-state index contributed by atoms with van der Waals surface area (Å²) in [6, 6.07) is 0. The molecule has 458 valence electrons. The fourth-order valence-corrected chi connectivity index (χ4v) is 0.354. The Morgan fingerprint density at radius 2 is 0.562 bits per heavy atom. The van der Waals surface area contributed by atoms with Crippen molar-refractivity contribution in [3.63, 3.8) is 0 Å². The van der Waals surface area contributed by atoms with Crippen molar-refractivity contribution in [3.05, 3.63) is 31.7 Å². The molecule has 0 fully saturated rings. The maximum Gasteiger partial charge on any atom is 1.00 e. The summed E-state index contributed by atoms with van der Waals surface area (Å²) < 4.78 is 4.11. The Morgan fingerprint density at radius 3 is 0.562 bits per heavy atom. The van der Waals surface area contributed by atoms with Gasteiger partial charge in [0.15, 0.2) is 0 Å². The third-order valence-electron chi connectivity index (χ3n) is 2.16. The number of allylic oxidation sites excluding steroid dienone is 4. The first kappa shape index (κ1) is 164. The number of hydrogen-bond donors (Lipinski definition) is 6. The van der Waals surface area contributed by atoms with Crippen LogP contribution in [-0.4, -0.2) is 94.5 Å². The summed E-state index contributed by atoms with van der Waals surface area (Å²) in [6.07, 6.45) is 17.5. The number of carboxylic acids is 1. The van der Waals surface area contributed by atoms with Crippen LogP contribution < -0.4 is 113 Å². The monoisotopic (exact) mass is 1220 g/mol. The quantitative estimate of drug-likeness (QED) is 0.0509. The van der Waals surface area contributed by atoms with Crippen molar-refractivity contribution in [2.24, 2.45) is 0 Å². The van der Waals surface area contributed by atoms with Gasteiger partial charge in [-0.1, -0.05) is 243 Å². The minimum atomic E-state index is -1.17. The van der Waals surface area contributed by atoms with E-state index in [-0.39, 0.29) is 137 Å². The number of carbonyl (C=O) groups is 4. The van der Waals surface area contributed by atoms with Gasteiger partial charge in [0.2, 0.25) is 0 Å². The molecule has 0 bridgehead atoms. The van der Waals surface area contributed by atoms with E-state index >= 15 is 0 Å². The molecule has 0 rings (SSSR count). The summed E-state index contributed by atoms with van der Waals surface area (Å²) in [5.41, 5.74) is -1.50. The number of unbranched alkanes of at least 4 members (excludes halogenated alkanes) is 3. The third-order valence-corrected chi connectivity index (χ3v) is 2.16. The van der Waals surface area contributed by atoms with Crippen molar-refractivity contribution in [2.45, 2.75) is 299 Å². The van der Waals surface area contributed by atoms with Crippen molar-refractivity contribution in [2.75, 3.05) is 14.2 Å². The number of methoxy groups -OCH3 is 1. The molecule has 0 aromatic carbocycles. The van der Waals surface area contributed by atoms with E-state index in [0.29, 0.717) is 0 Å². The number of hydrogen-bond acceptors (Lipinski definition) is 12. The van der Waals surface area contributed by atoms with E-state index in [1.165, 1.54) is 80.1 Å². The Bertz CT molecular complexity index is 578. The molecule has 0 aliphatic rings. The smallest absolute Gasteiger partial charge is 0.850 e. The van der Waals surface area contributed by atoms with Crippen LogP contribution in [0.15, 0.2) is 24.3 Å². The molecule has 6 N–H and O–H groups in total. The Balaban J connectivity index is -0.0000000145. The summed E-state index contributed by atoms with van der Waals surface area (Å²) in [6.45, 7) is 66.7. The van der Waals surface area contributed by atoms with Crippen LogP contribution in [0.25, 0.3) is 0 Å². The number of esters is 1. The van der Waals surface area contributed by atoms with Gasteiger partial charge in [0.25, 0.3) is 5.97 Å². The minimum Gasteiger partial charge on any atom is -0.850 e. The number of ether oxygens (including phenoxy) is 1. The van der Waals surface area contributed by atoms with Gasteiger partial charge < -0.3 is 62.3 Å². The Kier molecular flexibility index (Phi) is 586. The van der Waals surface area contributed by atoms with Crippen LogP contribution in [0.3, 0.4) is 0 Å². The molecule has 0 spiro atoms. The first-order chi connectivity index (χ1) is 31.9.